The van der Waals surface area contributed by atoms with Crippen LogP contribution in [0, 0.1) is 0 Å². The van der Waals surface area contributed by atoms with E-state index in [1.54, 1.807) is 6.07 Å². The topological polar surface area (TPSA) is 49.7 Å². The minimum atomic E-state index is -1.57. The number of fused-ring (bicyclic) bond motifs is 1. The van der Waals surface area contributed by atoms with E-state index in [0.29, 0.717) is 11.2 Å². The Morgan fingerprint density at radius 1 is 0.857 bits per heavy atom. The molecule has 0 aliphatic rings. The zero-order chi connectivity index (χ0) is 14.8. The molecule has 3 rings (SSSR count). The lowest BCUT2D eigenvalue weighted by Gasteiger charge is -2.12. The van der Waals surface area contributed by atoms with Crippen molar-refractivity contribution in [3.8, 4) is 16.9 Å². The molecule has 0 bridgehead atoms. The highest BCUT2D eigenvalue weighted by Gasteiger charge is 2.20. The fourth-order valence-electron chi connectivity index (χ4n) is 2.58. The van der Waals surface area contributed by atoms with Gasteiger partial charge in [0, 0.05) is 5.46 Å². The number of rotatable bonds is 3. The van der Waals surface area contributed by atoms with Crippen LogP contribution in [0.2, 0.25) is 0 Å². The SMILES string of the molecule is COc1ccc2ccc(-c3ccccc3)cc2c1B(O)O. The van der Waals surface area contributed by atoms with Crippen LogP contribution in [-0.4, -0.2) is 24.3 Å². The summed E-state index contributed by atoms with van der Waals surface area (Å²) in [6.45, 7) is 0. The Morgan fingerprint density at radius 3 is 2.24 bits per heavy atom. The second kappa shape index (κ2) is 5.60. The molecular weight excluding hydrogens is 263 g/mol. The van der Waals surface area contributed by atoms with Gasteiger partial charge in [-0.2, -0.15) is 0 Å². The highest BCUT2D eigenvalue weighted by Crippen LogP contribution is 2.26. The van der Waals surface area contributed by atoms with Crippen molar-refractivity contribution < 1.29 is 14.8 Å². The third-order valence-corrected chi connectivity index (χ3v) is 3.61. The van der Waals surface area contributed by atoms with Crippen LogP contribution in [0.3, 0.4) is 0 Å². The third kappa shape index (κ3) is 2.51. The standard InChI is InChI=1S/C17H15BO3/c1-21-16-10-9-13-7-8-14(12-5-3-2-4-6-12)11-15(13)17(16)18(19)20/h2-11,19-20H,1H3. The first-order valence-corrected chi connectivity index (χ1v) is 6.73. The van der Waals surface area contributed by atoms with Crippen molar-refractivity contribution in [2.24, 2.45) is 0 Å². The van der Waals surface area contributed by atoms with Gasteiger partial charge in [-0.25, -0.2) is 0 Å². The first-order chi connectivity index (χ1) is 10.2. The predicted molar refractivity (Wildman–Crippen MR) is 85.8 cm³/mol. The molecule has 0 saturated heterocycles. The lowest BCUT2D eigenvalue weighted by molar-refractivity contribution is 0.404. The quantitative estimate of drug-likeness (QED) is 0.722. The molecule has 3 aromatic rings. The molecule has 0 aliphatic carbocycles. The molecule has 21 heavy (non-hydrogen) atoms. The summed E-state index contributed by atoms with van der Waals surface area (Å²) in [5, 5.41) is 21.1. The largest absolute Gasteiger partial charge is 0.497 e. The fourth-order valence-corrected chi connectivity index (χ4v) is 2.58. The average molecular weight is 278 g/mol. The van der Waals surface area contributed by atoms with E-state index in [1.807, 2.05) is 54.6 Å². The number of methoxy groups -OCH3 is 1. The maximum atomic E-state index is 9.67. The summed E-state index contributed by atoms with van der Waals surface area (Å²) in [4.78, 5) is 0. The molecule has 0 saturated carbocycles. The van der Waals surface area contributed by atoms with Crippen molar-refractivity contribution in [3.63, 3.8) is 0 Å². The van der Waals surface area contributed by atoms with E-state index in [0.717, 1.165) is 21.9 Å². The summed E-state index contributed by atoms with van der Waals surface area (Å²) in [6, 6.07) is 19.6. The minimum Gasteiger partial charge on any atom is -0.497 e. The van der Waals surface area contributed by atoms with Gasteiger partial charge in [0.05, 0.1) is 7.11 Å². The first-order valence-electron chi connectivity index (χ1n) is 6.73. The molecule has 0 atom stereocenters. The van der Waals surface area contributed by atoms with Crippen molar-refractivity contribution in [3.05, 3.63) is 60.7 Å². The number of ether oxygens (including phenoxy) is 1. The zero-order valence-electron chi connectivity index (χ0n) is 11.7. The molecule has 0 unspecified atom stereocenters. The van der Waals surface area contributed by atoms with E-state index in [4.69, 9.17) is 4.74 Å². The van der Waals surface area contributed by atoms with Gasteiger partial charge in [0.25, 0.3) is 0 Å². The van der Waals surface area contributed by atoms with Gasteiger partial charge in [-0.15, -0.1) is 0 Å². The van der Waals surface area contributed by atoms with Gasteiger partial charge in [0.1, 0.15) is 5.75 Å². The van der Waals surface area contributed by atoms with E-state index in [2.05, 4.69) is 0 Å². The maximum absolute atomic E-state index is 9.67. The van der Waals surface area contributed by atoms with Crippen LogP contribution < -0.4 is 10.2 Å². The van der Waals surface area contributed by atoms with Crippen molar-refractivity contribution in [2.45, 2.75) is 0 Å². The Morgan fingerprint density at radius 2 is 1.57 bits per heavy atom. The molecule has 104 valence electrons. The van der Waals surface area contributed by atoms with Crippen LogP contribution in [0.15, 0.2) is 60.7 Å². The number of hydrogen-bond acceptors (Lipinski definition) is 3. The highest BCUT2D eigenvalue weighted by molar-refractivity contribution is 6.63. The second-order valence-corrected chi connectivity index (χ2v) is 4.86. The van der Waals surface area contributed by atoms with Crippen LogP contribution in [0.25, 0.3) is 21.9 Å². The molecule has 0 fully saturated rings. The first kappa shape index (κ1) is 13.7. The van der Waals surface area contributed by atoms with Crippen LogP contribution in [-0.2, 0) is 0 Å². The van der Waals surface area contributed by atoms with Crippen molar-refractivity contribution in [1.29, 1.82) is 0 Å². The van der Waals surface area contributed by atoms with Crippen LogP contribution >= 0.6 is 0 Å². The van der Waals surface area contributed by atoms with Crippen molar-refractivity contribution in [2.75, 3.05) is 7.11 Å². The zero-order valence-corrected chi connectivity index (χ0v) is 11.7. The van der Waals surface area contributed by atoms with Gasteiger partial charge in [-0.05, 0) is 34.0 Å². The molecule has 0 heterocycles. The van der Waals surface area contributed by atoms with Gasteiger partial charge in [0.15, 0.2) is 0 Å². The molecule has 0 amide bonds. The van der Waals surface area contributed by atoms with Gasteiger partial charge in [0.2, 0.25) is 0 Å². The summed E-state index contributed by atoms with van der Waals surface area (Å²) < 4.78 is 5.24. The average Bonchev–Trinajstić information content (AvgIpc) is 2.53. The van der Waals surface area contributed by atoms with Gasteiger partial charge >= 0.3 is 7.12 Å². The van der Waals surface area contributed by atoms with Crippen molar-refractivity contribution in [1.82, 2.24) is 0 Å². The smallest absolute Gasteiger partial charge is 0.492 e. The fraction of sp³-hybridized carbons (Fsp3) is 0.0588. The summed E-state index contributed by atoms with van der Waals surface area (Å²) in [5.74, 6) is 0.475. The van der Waals surface area contributed by atoms with Gasteiger partial charge in [-0.3, -0.25) is 0 Å². The Bertz CT molecular complexity index is 770. The molecule has 3 aromatic carbocycles. The monoisotopic (exact) mass is 278 g/mol. The highest BCUT2D eigenvalue weighted by atomic mass is 16.5. The van der Waals surface area contributed by atoms with E-state index < -0.39 is 7.12 Å². The molecule has 0 radical (unpaired) electrons. The molecule has 3 nitrogen and oxygen atoms in total. The lowest BCUT2D eigenvalue weighted by atomic mass is 9.76. The molecule has 2 N–H and O–H groups in total. The van der Waals surface area contributed by atoms with Crippen molar-refractivity contribution >= 4 is 23.4 Å². The van der Waals surface area contributed by atoms with Crippen LogP contribution in [0.4, 0.5) is 0 Å². The van der Waals surface area contributed by atoms with Gasteiger partial charge < -0.3 is 14.8 Å². The minimum absolute atomic E-state index is 0.396. The maximum Gasteiger partial charge on any atom is 0.492 e. The molecule has 4 heteroatoms. The third-order valence-electron chi connectivity index (χ3n) is 3.61. The predicted octanol–water partition coefficient (Wildman–Crippen LogP) is 2.20. The molecule has 0 spiro atoms. The second-order valence-electron chi connectivity index (χ2n) is 4.86. The number of hydrogen-bond donors (Lipinski definition) is 2. The van der Waals surface area contributed by atoms with Gasteiger partial charge in [-0.1, -0.05) is 48.5 Å². The normalized spacial score (nSPS) is 10.6. The summed E-state index contributed by atoms with van der Waals surface area (Å²) in [6.07, 6.45) is 0. The van der Waals surface area contributed by atoms with Crippen LogP contribution in [0.1, 0.15) is 0 Å². The lowest BCUT2D eigenvalue weighted by Crippen LogP contribution is -2.32. The molecule has 0 aliphatic heterocycles. The van der Waals surface area contributed by atoms with E-state index in [-0.39, 0.29) is 0 Å². The van der Waals surface area contributed by atoms with E-state index in [9.17, 15) is 10.0 Å². The Balaban J connectivity index is 2.26. The van der Waals surface area contributed by atoms with Crippen LogP contribution in [0.5, 0.6) is 5.75 Å². The Hall–Kier alpha value is -2.30. The molecule has 0 aromatic heterocycles. The van der Waals surface area contributed by atoms with E-state index >= 15 is 0 Å². The summed E-state index contributed by atoms with van der Waals surface area (Å²) in [7, 11) is -0.0525. The summed E-state index contributed by atoms with van der Waals surface area (Å²) >= 11 is 0. The Labute approximate surface area is 123 Å². The van der Waals surface area contributed by atoms with E-state index in [1.165, 1.54) is 7.11 Å². The Kier molecular flexibility index (Phi) is 3.65. The number of benzene rings is 3. The molecular formula is C17H15BO3. The summed E-state index contributed by atoms with van der Waals surface area (Å²) in [5.41, 5.74) is 2.51.